The van der Waals surface area contributed by atoms with E-state index in [-0.39, 0.29) is 17.3 Å². The minimum absolute atomic E-state index is 0.190. The van der Waals surface area contributed by atoms with Gasteiger partial charge in [0.2, 0.25) is 15.9 Å². The van der Waals surface area contributed by atoms with E-state index in [1.165, 1.54) is 6.07 Å². The minimum atomic E-state index is -3.71. The van der Waals surface area contributed by atoms with Crippen molar-refractivity contribution in [1.29, 1.82) is 0 Å². The summed E-state index contributed by atoms with van der Waals surface area (Å²) in [4.78, 5) is 14.1. The molecule has 0 saturated heterocycles. The van der Waals surface area contributed by atoms with Crippen molar-refractivity contribution in [3.63, 3.8) is 0 Å². The molecule has 6 heteroatoms. The van der Waals surface area contributed by atoms with Gasteiger partial charge in [0.25, 0.3) is 0 Å². The third-order valence-corrected chi connectivity index (χ3v) is 5.04. The first-order valence-corrected chi connectivity index (χ1v) is 8.84. The van der Waals surface area contributed by atoms with Gasteiger partial charge < -0.3 is 4.90 Å². The second-order valence-corrected chi connectivity index (χ2v) is 6.80. The van der Waals surface area contributed by atoms with Crippen molar-refractivity contribution in [2.45, 2.75) is 18.7 Å². The van der Waals surface area contributed by atoms with Gasteiger partial charge in [0.1, 0.15) is 0 Å². The Kier molecular flexibility index (Phi) is 5.52. The molecule has 0 aliphatic rings. The molecular weight excluding hydrogens is 312 g/mol. The number of amides is 1. The lowest BCUT2D eigenvalue weighted by Crippen LogP contribution is -2.40. The fourth-order valence-corrected chi connectivity index (χ4v) is 3.52. The Morgan fingerprint density at radius 2 is 1.65 bits per heavy atom. The Balaban J connectivity index is 2.10. The smallest absolute Gasteiger partial charge is 0.242 e. The Hall–Kier alpha value is -2.18. The van der Waals surface area contributed by atoms with E-state index in [4.69, 9.17) is 0 Å². The fourth-order valence-electron chi connectivity index (χ4n) is 2.30. The number of hydrogen-bond acceptors (Lipinski definition) is 3. The Labute approximate surface area is 137 Å². The van der Waals surface area contributed by atoms with Crippen molar-refractivity contribution < 1.29 is 13.2 Å². The van der Waals surface area contributed by atoms with Gasteiger partial charge in [0.15, 0.2) is 0 Å². The number of nitrogens with one attached hydrogen (secondary N) is 1. The molecule has 2 rings (SSSR count). The molecule has 0 radical (unpaired) electrons. The van der Waals surface area contributed by atoms with Gasteiger partial charge in [-0.3, -0.25) is 4.79 Å². The van der Waals surface area contributed by atoms with Crippen LogP contribution in [0.5, 0.6) is 0 Å². The number of aryl methyl sites for hydroxylation is 1. The predicted octanol–water partition coefficient (Wildman–Crippen LogP) is 2.33. The lowest BCUT2D eigenvalue weighted by molar-refractivity contribution is -0.117. The van der Waals surface area contributed by atoms with Crippen LogP contribution in [0.3, 0.4) is 0 Å². The molecule has 0 fully saturated rings. The van der Waals surface area contributed by atoms with Crippen LogP contribution in [-0.4, -0.2) is 27.4 Å². The van der Waals surface area contributed by atoms with Gasteiger partial charge in [-0.25, -0.2) is 13.1 Å². The van der Waals surface area contributed by atoms with E-state index >= 15 is 0 Å². The van der Waals surface area contributed by atoms with E-state index < -0.39 is 10.0 Å². The zero-order valence-corrected chi connectivity index (χ0v) is 14.0. The number of sulfonamides is 1. The number of anilines is 1. The molecule has 0 bridgehead atoms. The van der Waals surface area contributed by atoms with E-state index in [9.17, 15) is 13.2 Å². The lowest BCUT2D eigenvalue weighted by atomic mass is 10.2. The highest BCUT2D eigenvalue weighted by atomic mass is 32.2. The molecule has 0 unspecified atom stereocenters. The number of para-hydroxylation sites is 1. The highest BCUT2D eigenvalue weighted by Crippen LogP contribution is 2.15. The van der Waals surface area contributed by atoms with Crippen molar-refractivity contribution >= 4 is 21.6 Å². The highest BCUT2D eigenvalue weighted by molar-refractivity contribution is 7.89. The average Bonchev–Trinajstić information content (AvgIpc) is 2.55. The molecule has 0 spiro atoms. The summed E-state index contributed by atoms with van der Waals surface area (Å²) in [6, 6.07) is 15.8. The van der Waals surface area contributed by atoms with E-state index in [0.29, 0.717) is 12.1 Å². The van der Waals surface area contributed by atoms with Gasteiger partial charge in [-0.1, -0.05) is 36.4 Å². The molecule has 2 aromatic rings. The molecule has 0 aliphatic carbocycles. The molecule has 0 aromatic heterocycles. The summed E-state index contributed by atoms with van der Waals surface area (Å²) in [7, 11) is -3.71. The number of likely N-dealkylation sites (N-methyl/N-ethyl adjacent to an activating group) is 1. The standard InChI is InChI=1S/C17H20N2O3S/c1-3-19(15-10-5-4-6-11-15)17(20)13-18-23(21,22)16-12-8-7-9-14(16)2/h4-12,18H,3,13H2,1-2H3. The molecular formula is C17H20N2O3S. The maximum atomic E-state index is 12.3. The zero-order valence-electron chi connectivity index (χ0n) is 13.2. The largest absolute Gasteiger partial charge is 0.312 e. The first kappa shape index (κ1) is 17.2. The molecule has 0 saturated carbocycles. The SMILES string of the molecule is CCN(C(=O)CNS(=O)(=O)c1ccccc1C)c1ccccc1. The number of benzene rings is 2. The number of hydrogen-bond donors (Lipinski definition) is 1. The number of carbonyl (C=O) groups excluding carboxylic acids is 1. The van der Waals surface area contributed by atoms with Crippen LogP contribution < -0.4 is 9.62 Å². The molecule has 2 aromatic carbocycles. The summed E-state index contributed by atoms with van der Waals surface area (Å²) in [5.74, 6) is -0.296. The maximum absolute atomic E-state index is 12.3. The zero-order chi connectivity index (χ0) is 16.9. The molecule has 122 valence electrons. The van der Waals surface area contributed by atoms with Gasteiger partial charge >= 0.3 is 0 Å². The summed E-state index contributed by atoms with van der Waals surface area (Å²) in [6.07, 6.45) is 0. The predicted molar refractivity (Wildman–Crippen MR) is 90.8 cm³/mol. The van der Waals surface area contributed by atoms with E-state index in [0.717, 1.165) is 5.69 Å². The van der Waals surface area contributed by atoms with Crippen LogP contribution in [-0.2, 0) is 14.8 Å². The molecule has 1 N–H and O–H groups in total. The van der Waals surface area contributed by atoms with Crippen molar-refractivity contribution in [2.75, 3.05) is 18.0 Å². The maximum Gasteiger partial charge on any atom is 0.242 e. The molecule has 5 nitrogen and oxygen atoms in total. The van der Waals surface area contributed by atoms with Gasteiger partial charge in [-0.05, 0) is 37.6 Å². The minimum Gasteiger partial charge on any atom is -0.312 e. The van der Waals surface area contributed by atoms with Gasteiger partial charge in [0.05, 0.1) is 11.4 Å². The normalized spacial score (nSPS) is 11.2. The van der Waals surface area contributed by atoms with Crippen molar-refractivity contribution in [3.8, 4) is 0 Å². The van der Waals surface area contributed by atoms with E-state index in [1.54, 1.807) is 30.0 Å². The quantitative estimate of drug-likeness (QED) is 0.883. The molecule has 1 amide bonds. The van der Waals surface area contributed by atoms with E-state index in [1.807, 2.05) is 37.3 Å². The monoisotopic (exact) mass is 332 g/mol. The first-order valence-electron chi connectivity index (χ1n) is 7.36. The Morgan fingerprint density at radius 3 is 2.26 bits per heavy atom. The van der Waals surface area contributed by atoms with Crippen LogP contribution in [0.25, 0.3) is 0 Å². The van der Waals surface area contributed by atoms with Crippen molar-refractivity contribution in [1.82, 2.24) is 4.72 Å². The summed E-state index contributed by atoms with van der Waals surface area (Å²) in [5, 5.41) is 0. The van der Waals surface area contributed by atoms with E-state index in [2.05, 4.69) is 4.72 Å². The Bertz CT molecular complexity index is 773. The van der Waals surface area contributed by atoms with Crippen LogP contribution in [0.4, 0.5) is 5.69 Å². The molecule has 23 heavy (non-hydrogen) atoms. The lowest BCUT2D eigenvalue weighted by Gasteiger charge is -2.21. The third-order valence-electron chi connectivity index (χ3n) is 3.48. The second-order valence-electron chi connectivity index (χ2n) is 5.06. The summed E-state index contributed by atoms with van der Waals surface area (Å²) < 4.78 is 27.0. The number of nitrogens with zero attached hydrogens (tertiary/aromatic N) is 1. The second kappa shape index (κ2) is 7.39. The van der Waals surface area contributed by atoms with Crippen LogP contribution in [0, 0.1) is 6.92 Å². The fraction of sp³-hybridized carbons (Fsp3) is 0.235. The summed E-state index contributed by atoms with van der Waals surface area (Å²) in [5.41, 5.74) is 1.39. The topological polar surface area (TPSA) is 66.5 Å². The van der Waals surface area contributed by atoms with Crippen molar-refractivity contribution in [3.05, 3.63) is 60.2 Å². The van der Waals surface area contributed by atoms with Gasteiger partial charge in [-0.2, -0.15) is 0 Å². The summed E-state index contributed by atoms with van der Waals surface area (Å²) >= 11 is 0. The van der Waals surface area contributed by atoms with Crippen molar-refractivity contribution in [2.24, 2.45) is 0 Å². The number of rotatable bonds is 6. The highest BCUT2D eigenvalue weighted by Gasteiger charge is 2.20. The Morgan fingerprint density at radius 1 is 1.04 bits per heavy atom. The molecule has 0 aliphatic heterocycles. The summed E-state index contributed by atoms with van der Waals surface area (Å²) in [6.45, 7) is 3.76. The van der Waals surface area contributed by atoms with Crippen LogP contribution in [0.2, 0.25) is 0 Å². The molecule has 0 heterocycles. The van der Waals surface area contributed by atoms with Gasteiger partial charge in [-0.15, -0.1) is 0 Å². The van der Waals surface area contributed by atoms with Gasteiger partial charge in [0, 0.05) is 12.2 Å². The average molecular weight is 332 g/mol. The van der Waals surface area contributed by atoms with Crippen LogP contribution >= 0.6 is 0 Å². The molecule has 0 atom stereocenters. The van der Waals surface area contributed by atoms with Crippen LogP contribution in [0.15, 0.2) is 59.5 Å². The first-order chi connectivity index (χ1) is 11.0. The van der Waals surface area contributed by atoms with Crippen LogP contribution in [0.1, 0.15) is 12.5 Å². The third kappa shape index (κ3) is 4.18. The number of carbonyl (C=O) groups is 1.